The van der Waals surface area contributed by atoms with Crippen LogP contribution in [-0.4, -0.2) is 12.1 Å². The Bertz CT molecular complexity index is 200. The Hall–Kier alpha value is -0.0400. The molecule has 4 unspecified atom stereocenters. The van der Waals surface area contributed by atoms with E-state index in [1.807, 2.05) is 0 Å². The van der Waals surface area contributed by atoms with Crippen molar-refractivity contribution in [2.45, 2.75) is 71.4 Å². The van der Waals surface area contributed by atoms with Crippen LogP contribution >= 0.6 is 0 Å². The van der Waals surface area contributed by atoms with Crippen molar-refractivity contribution in [2.75, 3.05) is 0 Å². The van der Waals surface area contributed by atoms with Gasteiger partial charge < -0.3 is 5.32 Å². The fraction of sp³-hybridized carbons (Fsp3) is 1.00. The molecule has 2 fully saturated rings. The summed E-state index contributed by atoms with van der Waals surface area (Å²) in [5.41, 5.74) is 0. The van der Waals surface area contributed by atoms with Crippen LogP contribution in [0.5, 0.6) is 0 Å². The van der Waals surface area contributed by atoms with Gasteiger partial charge in [-0.3, -0.25) is 0 Å². The molecule has 2 aliphatic carbocycles. The molecule has 1 nitrogen and oxygen atoms in total. The van der Waals surface area contributed by atoms with E-state index in [0.717, 1.165) is 29.8 Å². The van der Waals surface area contributed by atoms with Crippen LogP contribution in [0.25, 0.3) is 0 Å². The van der Waals surface area contributed by atoms with E-state index in [9.17, 15) is 0 Å². The fourth-order valence-corrected chi connectivity index (χ4v) is 3.19. The van der Waals surface area contributed by atoms with Gasteiger partial charge in [0.25, 0.3) is 0 Å². The Labute approximate surface area is 95.0 Å². The van der Waals surface area contributed by atoms with E-state index < -0.39 is 0 Å². The van der Waals surface area contributed by atoms with Crippen molar-refractivity contribution in [2.24, 2.45) is 17.8 Å². The van der Waals surface area contributed by atoms with Crippen molar-refractivity contribution in [3.63, 3.8) is 0 Å². The minimum absolute atomic E-state index is 0.840. The molecule has 0 aliphatic heterocycles. The zero-order valence-electron chi connectivity index (χ0n) is 10.6. The molecule has 0 radical (unpaired) electrons. The zero-order valence-corrected chi connectivity index (χ0v) is 10.6. The Morgan fingerprint density at radius 1 is 1.20 bits per heavy atom. The SMILES string of the molecule is CCC1CC1NC1CCCC(C(C)C)C1. The maximum atomic E-state index is 3.88. The lowest BCUT2D eigenvalue weighted by atomic mass is 9.79. The minimum atomic E-state index is 0.840. The van der Waals surface area contributed by atoms with Crippen molar-refractivity contribution in [1.82, 2.24) is 5.32 Å². The van der Waals surface area contributed by atoms with Gasteiger partial charge in [0.05, 0.1) is 0 Å². The predicted octanol–water partition coefficient (Wildman–Crippen LogP) is 3.59. The average molecular weight is 209 g/mol. The lowest BCUT2D eigenvalue weighted by Crippen LogP contribution is -2.37. The van der Waals surface area contributed by atoms with E-state index in [0.29, 0.717) is 0 Å². The molecular formula is C14H27N. The topological polar surface area (TPSA) is 12.0 Å². The molecule has 88 valence electrons. The fourth-order valence-electron chi connectivity index (χ4n) is 3.19. The first kappa shape index (κ1) is 11.4. The third kappa shape index (κ3) is 2.96. The summed E-state index contributed by atoms with van der Waals surface area (Å²) < 4.78 is 0. The molecule has 2 aliphatic rings. The predicted molar refractivity (Wildman–Crippen MR) is 65.9 cm³/mol. The second-order valence-electron chi connectivity index (χ2n) is 6.04. The lowest BCUT2D eigenvalue weighted by Gasteiger charge is -2.32. The first-order valence-electron chi connectivity index (χ1n) is 6.96. The molecule has 2 saturated carbocycles. The number of hydrogen-bond donors (Lipinski definition) is 1. The lowest BCUT2D eigenvalue weighted by molar-refractivity contribution is 0.229. The van der Waals surface area contributed by atoms with Crippen molar-refractivity contribution in [3.05, 3.63) is 0 Å². The standard InChI is InChI=1S/C14H27N/c1-4-11-9-14(11)15-13-7-5-6-12(8-13)10(2)3/h10-15H,4-9H2,1-3H3. The maximum absolute atomic E-state index is 3.88. The summed E-state index contributed by atoms with van der Waals surface area (Å²) >= 11 is 0. The van der Waals surface area contributed by atoms with Gasteiger partial charge in [-0.1, -0.05) is 40.0 Å². The molecule has 0 aromatic heterocycles. The maximum Gasteiger partial charge on any atom is 0.0102 e. The van der Waals surface area contributed by atoms with Crippen LogP contribution in [0.15, 0.2) is 0 Å². The van der Waals surface area contributed by atoms with Gasteiger partial charge in [0.15, 0.2) is 0 Å². The molecule has 0 spiro atoms. The van der Waals surface area contributed by atoms with E-state index >= 15 is 0 Å². The van der Waals surface area contributed by atoms with Crippen LogP contribution in [0, 0.1) is 17.8 Å². The van der Waals surface area contributed by atoms with E-state index in [1.165, 1.54) is 38.5 Å². The van der Waals surface area contributed by atoms with Gasteiger partial charge in [-0.25, -0.2) is 0 Å². The molecule has 2 rings (SSSR count). The Balaban J connectivity index is 1.73. The summed E-state index contributed by atoms with van der Waals surface area (Å²) in [4.78, 5) is 0. The first-order valence-corrected chi connectivity index (χ1v) is 6.96. The van der Waals surface area contributed by atoms with Crippen LogP contribution in [-0.2, 0) is 0 Å². The minimum Gasteiger partial charge on any atom is -0.311 e. The molecular weight excluding hydrogens is 182 g/mol. The van der Waals surface area contributed by atoms with Crippen LogP contribution < -0.4 is 5.32 Å². The largest absolute Gasteiger partial charge is 0.311 e. The molecule has 4 atom stereocenters. The molecule has 1 heteroatoms. The van der Waals surface area contributed by atoms with Gasteiger partial charge in [0.1, 0.15) is 0 Å². The monoisotopic (exact) mass is 209 g/mol. The summed E-state index contributed by atoms with van der Waals surface area (Å²) in [6.45, 7) is 7.10. The van der Waals surface area contributed by atoms with E-state index in [2.05, 4.69) is 26.1 Å². The highest BCUT2D eigenvalue weighted by atomic mass is 15.0. The number of nitrogens with one attached hydrogen (secondary N) is 1. The summed E-state index contributed by atoms with van der Waals surface area (Å²) in [5.74, 6) is 2.87. The third-order valence-electron chi connectivity index (χ3n) is 4.55. The molecule has 0 heterocycles. The summed E-state index contributed by atoms with van der Waals surface area (Å²) in [6, 6.07) is 1.72. The third-order valence-corrected chi connectivity index (χ3v) is 4.55. The number of hydrogen-bond acceptors (Lipinski definition) is 1. The Morgan fingerprint density at radius 2 is 2.00 bits per heavy atom. The van der Waals surface area contributed by atoms with E-state index in [1.54, 1.807) is 0 Å². The Morgan fingerprint density at radius 3 is 2.60 bits per heavy atom. The summed E-state index contributed by atoms with van der Waals surface area (Å²) in [7, 11) is 0. The molecule has 0 bridgehead atoms. The number of rotatable bonds is 4. The van der Waals surface area contributed by atoms with Crippen LogP contribution in [0.4, 0.5) is 0 Å². The van der Waals surface area contributed by atoms with Crippen molar-refractivity contribution in [3.8, 4) is 0 Å². The van der Waals surface area contributed by atoms with Crippen LogP contribution in [0.1, 0.15) is 59.3 Å². The molecule has 15 heavy (non-hydrogen) atoms. The molecule has 0 aromatic rings. The zero-order chi connectivity index (χ0) is 10.8. The molecule has 1 N–H and O–H groups in total. The van der Waals surface area contributed by atoms with Crippen molar-refractivity contribution >= 4 is 0 Å². The second-order valence-corrected chi connectivity index (χ2v) is 6.04. The molecule has 0 amide bonds. The van der Waals surface area contributed by atoms with Gasteiger partial charge in [-0.15, -0.1) is 0 Å². The highest BCUT2D eigenvalue weighted by molar-refractivity contribution is 4.95. The summed E-state index contributed by atoms with van der Waals surface area (Å²) in [5, 5.41) is 3.88. The first-order chi connectivity index (χ1) is 7.20. The Kier molecular flexibility index (Phi) is 3.71. The van der Waals surface area contributed by atoms with Gasteiger partial charge in [0, 0.05) is 12.1 Å². The van der Waals surface area contributed by atoms with Gasteiger partial charge in [-0.2, -0.15) is 0 Å². The highest BCUT2D eigenvalue weighted by Gasteiger charge is 2.37. The molecule has 0 aromatic carbocycles. The average Bonchev–Trinajstić information content (AvgIpc) is 2.97. The smallest absolute Gasteiger partial charge is 0.0102 e. The highest BCUT2D eigenvalue weighted by Crippen LogP contribution is 2.36. The quantitative estimate of drug-likeness (QED) is 0.746. The summed E-state index contributed by atoms with van der Waals surface area (Å²) in [6.07, 6.45) is 8.60. The van der Waals surface area contributed by atoms with Gasteiger partial charge in [0.2, 0.25) is 0 Å². The normalized spacial score (nSPS) is 40.8. The second kappa shape index (κ2) is 4.86. The van der Waals surface area contributed by atoms with Gasteiger partial charge in [-0.05, 0) is 37.0 Å². The van der Waals surface area contributed by atoms with Crippen molar-refractivity contribution < 1.29 is 0 Å². The van der Waals surface area contributed by atoms with Gasteiger partial charge >= 0.3 is 0 Å². The molecule has 0 saturated heterocycles. The van der Waals surface area contributed by atoms with Crippen LogP contribution in [0.3, 0.4) is 0 Å². The van der Waals surface area contributed by atoms with Crippen LogP contribution in [0.2, 0.25) is 0 Å². The van der Waals surface area contributed by atoms with E-state index in [4.69, 9.17) is 0 Å². The van der Waals surface area contributed by atoms with Crippen molar-refractivity contribution in [1.29, 1.82) is 0 Å². The van der Waals surface area contributed by atoms with E-state index in [-0.39, 0.29) is 0 Å².